The molecule has 1 aliphatic heterocycles. The Morgan fingerprint density at radius 2 is 1.82 bits per heavy atom. The standard InChI is InChI=1S/C25H29FN4O4/c1-5-33-21-8-6-17(14-19(21)26)20-15-23(31)30-16-18(7-9-22(30)27-20)28-10-12-29(13-11-28)24(32)34-25(2,3)4/h6-9,14-16H,5,10-13H2,1-4H3. The summed E-state index contributed by atoms with van der Waals surface area (Å²) in [6, 6.07) is 9.61. The van der Waals surface area contributed by atoms with Crippen molar-refractivity contribution in [1.29, 1.82) is 0 Å². The number of carbonyl (C=O) groups excluding carboxylic acids is 1. The van der Waals surface area contributed by atoms with Crippen LogP contribution in [0.2, 0.25) is 0 Å². The van der Waals surface area contributed by atoms with E-state index in [1.165, 1.54) is 22.6 Å². The number of pyridine rings is 1. The molecule has 0 aliphatic carbocycles. The smallest absolute Gasteiger partial charge is 0.410 e. The van der Waals surface area contributed by atoms with E-state index in [2.05, 4.69) is 9.88 Å². The Labute approximate surface area is 197 Å². The molecular weight excluding hydrogens is 439 g/mol. The van der Waals surface area contributed by atoms with Gasteiger partial charge >= 0.3 is 6.09 Å². The van der Waals surface area contributed by atoms with Gasteiger partial charge in [0, 0.05) is 44.0 Å². The predicted molar refractivity (Wildman–Crippen MR) is 128 cm³/mol. The molecule has 0 bridgehead atoms. The lowest BCUT2D eigenvalue weighted by Gasteiger charge is -2.36. The van der Waals surface area contributed by atoms with Gasteiger partial charge in [0.15, 0.2) is 11.6 Å². The third kappa shape index (κ3) is 5.13. The summed E-state index contributed by atoms with van der Waals surface area (Å²) in [7, 11) is 0. The van der Waals surface area contributed by atoms with Crippen LogP contribution in [0.25, 0.3) is 16.9 Å². The van der Waals surface area contributed by atoms with E-state index >= 15 is 0 Å². The van der Waals surface area contributed by atoms with Gasteiger partial charge in [0.05, 0.1) is 18.0 Å². The third-order valence-corrected chi connectivity index (χ3v) is 5.47. The summed E-state index contributed by atoms with van der Waals surface area (Å²) in [6.07, 6.45) is 1.43. The Balaban J connectivity index is 1.52. The molecule has 0 atom stereocenters. The Kier molecular flexibility index (Phi) is 6.45. The van der Waals surface area contributed by atoms with Gasteiger partial charge in [0.2, 0.25) is 0 Å². The number of nitrogens with zero attached hydrogens (tertiary/aromatic N) is 4. The minimum absolute atomic E-state index is 0.167. The highest BCUT2D eigenvalue weighted by Crippen LogP contribution is 2.25. The largest absolute Gasteiger partial charge is 0.491 e. The lowest BCUT2D eigenvalue weighted by atomic mass is 10.1. The van der Waals surface area contributed by atoms with Crippen LogP contribution in [-0.2, 0) is 4.74 Å². The average molecular weight is 469 g/mol. The monoisotopic (exact) mass is 468 g/mol. The molecule has 0 radical (unpaired) electrons. The molecule has 1 aliphatic rings. The van der Waals surface area contributed by atoms with E-state index in [1.807, 2.05) is 26.8 Å². The third-order valence-electron chi connectivity index (χ3n) is 5.47. The van der Waals surface area contributed by atoms with E-state index in [9.17, 15) is 14.0 Å². The Morgan fingerprint density at radius 1 is 1.09 bits per heavy atom. The molecule has 180 valence electrons. The number of carbonyl (C=O) groups is 1. The number of hydrogen-bond acceptors (Lipinski definition) is 6. The van der Waals surface area contributed by atoms with Gasteiger partial charge in [-0.3, -0.25) is 9.20 Å². The van der Waals surface area contributed by atoms with Crippen LogP contribution in [0.3, 0.4) is 0 Å². The molecule has 0 N–H and O–H groups in total. The van der Waals surface area contributed by atoms with Gasteiger partial charge in [-0.25, -0.2) is 14.2 Å². The van der Waals surface area contributed by atoms with Crippen LogP contribution in [0.5, 0.6) is 5.75 Å². The second-order valence-corrected chi connectivity index (χ2v) is 9.13. The molecule has 0 unspecified atom stereocenters. The first-order valence-electron chi connectivity index (χ1n) is 11.3. The zero-order valence-corrected chi connectivity index (χ0v) is 19.9. The molecule has 3 aromatic rings. The van der Waals surface area contributed by atoms with Gasteiger partial charge in [-0.2, -0.15) is 0 Å². The Morgan fingerprint density at radius 3 is 2.47 bits per heavy atom. The molecule has 1 saturated heterocycles. The van der Waals surface area contributed by atoms with Crippen molar-refractivity contribution in [3.63, 3.8) is 0 Å². The van der Waals surface area contributed by atoms with Crippen LogP contribution in [0.1, 0.15) is 27.7 Å². The summed E-state index contributed by atoms with van der Waals surface area (Å²) in [4.78, 5) is 33.5. The van der Waals surface area contributed by atoms with Crippen molar-refractivity contribution >= 4 is 17.4 Å². The highest BCUT2D eigenvalue weighted by atomic mass is 19.1. The van der Waals surface area contributed by atoms with Crippen molar-refractivity contribution in [2.24, 2.45) is 0 Å². The summed E-state index contributed by atoms with van der Waals surface area (Å²) in [5, 5.41) is 0. The molecule has 8 nitrogen and oxygen atoms in total. The molecule has 34 heavy (non-hydrogen) atoms. The highest BCUT2D eigenvalue weighted by molar-refractivity contribution is 5.69. The Bertz CT molecular complexity index is 1260. The number of ether oxygens (including phenoxy) is 2. The minimum Gasteiger partial charge on any atom is -0.491 e. The second kappa shape index (κ2) is 9.32. The number of fused-ring (bicyclic) bond motifs is 1. The van der Waals surface area contributed by atoms with E-state index in [4.69, 9.17) is 9.47 Å². The van der Waals surface area contributed by atoms with E-state index in [1.54, 1.807) is 30.2 Å². The van der Waals surface area contributed by atoms with Crippen LogP contribution < -0.4 is 15.2 Å². The Hall–Kier alpha value is -3.62. The molecule has 3 heterocycles. The number of aromatic nitrogens is 2. The maximum atomic E-state index is 14.3. The zero-order chi connectivity index (χ0) is 24.5. The molecule has 1 amide bonds. The van der Waals surface area contributed by atoms with Gasteiger partial charge in [0.1, 0.15) is 11.2 Å². The number of piperazine rings is 1. The summed E-state index contributed by atoms with van der Waals surface area (Å²) < 4.78 is 26.4. The number of anilines is 1. The van der Waals surface area contributed by atoms with E-state index in [-0.39, 0.29) is 17.4 Å². The van der Waals surface area contributed by atoms with Crippen LogP contribution >= 0.6 is 0 Å². The number of benzene rings is 1. The maximum Gasteiger partial charge on any atom is 0.410 e. The van der Waals surface area contributed by atoms with E-state index < -0.39 is 11.4 Å². The normalized spacial score (nSPS) is 14.4. The van der Waals surface area contributed by atoms with Gasteiger partial charge < -0.3 is 19.3 Å². The fraction of sp³-hybridized carbons (Fsp3) is 0.400. The highest BCUT2D eigenvalue weighted by Gasteiger charge is 2.26. The average Bonchev–Trinajstić information content (AvgIpc) is 2.79. The first-order chi connectivity index (χ1) is 16.1. The van der Waals surface area contributed by atoms with Crippen LogP contribution in [0.15, 0.2) is 47.4 Å². The molecule has 1 fully saturated rings. The molecule has 0 saturated carbocycles. The summed E-state index contributed by atoms with van der Waals surface area (Å²) >= 11 is 0. The number of hydrogen-bond donors (Lipinski definition) is 0. The lowest BCUT2D eigenvalue weighted by molar-refractivity contribution is 0.0240. The SMILES string of the molecule is CCOc1ccc(-c2cc(=O)n3cc(N4CCN(C(=O)OC(C)(C)C)CC4)ccc3n2)cc1F. The van der Waals surface area contributed by atoms with Gasteiger partial charge in [-0.1, -0.05) is 0 Å². The van der Waals surface area contributed by atoms with Crippen molar-refractivity contribution < 1.29 is 18.7 Å². The first kappa shape index (κ1) is 23.5. The van der Waals surface area contributed by atoms with E-state index in [0.29, 0.717) is 49.7 Å². The second-order valence-electron chi connectivity index (χ2n) is 9.13. The summed E-state index contributed by atoms with van der Waals surface area (Å²) in [6.45, 7) is 10.00. The minimum atomic E-state index is -0.531. The summed E-state index contributed by atoms with van der Waals surface area (Å²) in [5.41, 5.74) is 1.43. The van der Waals surface area contributed by atoms with Crippen molar-refractivity contribution in [2.75, 3.05) is 37.7 Å². The van der Waals surface area contributed by atoms with Crippen LogP contribution in [-0.4, -0.2) is 58.8 Å². The van der Waals surface area contributed by atoms with E-state index in [0.717, 1.165) is 5.69 Å². The van der Waals surface area contributed by atoms with Gasteiger partial charge in [-0.05, 0) is 58.0 Å². The van der Waals surface area contributed by atoms with Crippen molar-refractivity contribution in [1.82, 2.24) is 14.3 Å². The van der Waals surface area contributed by atoms with Crippen molar-refractivity contribution in [3.05, 3.63) is 58.8 Å². The molecule has 2 aromatic heterocycles. The number of halogens is 1. The molecule has 4 rings (SSSR count). The van der Waals surface area contributed by atoms with Crippen molar-refractivity contribution in [2.45, 2.75) is 33.3 Å². The number of rotatable bonds is 4. The van der Waals surface area contributed by atoms with Crippen LogP contribution in [0, 0.1) is 5.82 Å². The fourth-order valence-corrected chi connectivity index (χ4v) is 3.83. The lowest BCUT2D eigenvalue weighted by Crippen LogP contribution is -2.50. The quantitative estimate of drug-likeness (QED) is 0.577. The molecule has 1 aromatic carbocycles. The summed E-state index contributed by atoms with van der Waals surface area (Å²) in [5.74, 6) is -0.331. The van der Waals surface area contributed by atoms with Crippen molar-refractivity contribution in [3.8, 4) is 17.0 Å². The van der Waals surface area contributed by atoms with Crippen LogP contribution in [0.4, 0.5) is 14.9 Å². The maximum absolute atomic E-state index is 14.3. The predicted octanol–water partition coefficient (Wildman–Crippen LogP) is 3.96. The zero-order valence-electron chi connectivity index (χ0n) is 19.9. The van der Waals surface area contributed by atoms with Gasteiger partial charge in [0.25, 0.3) is 5.56 Å². The topological polar surface area (TPSA) is 76.4 Å². The first-order valence-corrected chi connectivity index (χ1v) is 11.3. The molecular formula is C25H29FN4O4. The molecule has 9 heteroatoms. The molecule has 0 spiro atoms. The number of amides is 1. The fourth-order valence-electron chi connectivity index (χ4n) is 3.83. The van der Waals surface area contributed by atoms with Gasteiger partial charge in [-0.15, -0.1) is 0 Å².